The van der Waals surface area contributed by atoms with Crippen LogP contribution in [0.1, 0.15) is 36.1 Å². The monoisotopic (exact) mass is 254 g/mol. The molecule has 1 fully saturated rings. The third-order valence-electron chi connectivity index (χ3n) is 5.42. The zero-order valence-corrected chi connectivity index (χ0v) is 12.0. The van der Waals surface area contributed by atoms with Gasteiger partial charge in [-0.3, -0.25) is 0 Å². The smallest absolute Gasteiger partial charge is 0.0459 e. The molecule has 4 rings (SSSR count). The van der Waals surface area contributed by atoms with Gasteiger partial charge < -0.3 is 9.88 Å². The van der Waals surface area contributed by atoms with Crippen molar-refractivity contribution in [1.82, 2.24) is 9.88 Å². The number of aromatic nitrogens is 1. The van der Waals surface area contributed by atoms with Crippen molar-refractivity contribution < 1.29 is 0 Å². The number of aromatic amines is 1. The van der Waals surface area contributed by atoms with Crippen molar-refractivity contribution in [2.75, 3.05) is 13.6 Å². The second kappa shape index (κ2) is 3.86. The van der Waals surface area contributed by atoms with Gasteiger partial charge in [-0.05, 0) is 57.4 Å². The largest absolute Gasteiger partial charge is 0.358 e. The summed E-state index contributed by atoms with van der Waals surface area (Å²) in [6.45, 7) is 5.86. The Morgan fingerprint density at radius 1 is 1.32 bits per heavy atom. The molecule has 0 amide bonds. The van der Waals surface area contributed by atoms with Gasteiger partial charge in [-0.2, -0.15) is 0 Å². The average Bonchev–Trinajstić information content (AvgIpc) is 2.88. The van der Waals surface area contributed by atoms with Crippen LogP contribution in [0.4, 0.5) is 0 Å². The zero-order chi connectivity index (χ0) is 13.1. The van der Waals surface area contributed by atoms with E-state index in [4.69, 9.17) is 0 Å². The highest BCUT2D eigenvalue weighted by molar-refractivity contribution is 5.86. The molecule has 100 valence electrons. The lowest BCUT2D eigenvalue weighted by Crippen LogP contribution is -2.26. The number of likely N-dealkylation sites (N-methyl/N-ethyl adjacent to an activating group) is 1. The molecule has 1 aromatic carbocycles. The van der Waals surface area contributed by atoms with Crippen molar-refractivity contribution in [1.29, 1.82) is 0 Å². The number of likely N-dealkylation sites (tertiary alicyclic amines) is 1. The summed E-state index contributed by atoms with van der Waals surface area (Å²) in [5, 5.41) is 1.48. The molecule has 2 heteroatoms. The van der Waals surface area contributed by atoms with Crippen molar-refractivity contribution in [3.8, 4) is 0 Å². The highest BCUT2D eigenvalue weighted by atomic mass is 15.2. The molecule has 0 bridgehead atoms. The van der Waals surface area contributed by atoms with Crippen molar-refractivity contribution in [3.05, 3.63) is 35.0 Å². The van der Waals surface area contributed by atoms with E-state index >= 15 is 0 Å². The highest BCUT2D eigenvalue weighted by Gasteiger charge is 2.42. The third kappa shape index (κ3) is 1.53. The maximum atomic E-state index is 3.67. The van der Waals surface area contributed by atoms with Gasteiger partial charge in [0, 0.05) is 35.1 Å². The lowest BCUT2D eigenvalue weighted by atomic mass is 9.76. The fourth-order valence-electron chi connectivity index (χ4n) is 4.36. The van der Waals surface area contributed by atoms with Crippen LogP contribution in [0.3, 0.4) is 0 Å². The molecular formula is C17H22N2. The van der Waals surface area contributed by atoms with E-state index in [1.807, 2.05) is 0 Å². The second-order valence-corrected chi connectivity index (χ2v) is 6.57. The summed E-state index contributed by atoms with van der Waals surface area (Å²) in [7, 11) is 2.28. The standard InChI is InChI=1S/C17H22N2/c1-10-4-6-14-13(8-10)17-15(18-14)7-5-12-9-19(3)11(2)16(12)17/h4,6,8,11-12,16,18H,5,7,9H2,1-3H3/t11?,12-,16+/m0/s1. The molecule has 1 aliphatic carbocycles. The molecule has 2 heterocycles. The number of H-pyrrole nitrogens is 1. The summed E-state index contributed by atoms with van der Waals surface area (Å²) in [6, 6.07) is 7.51. The molecule has 19 heavy (non-hydrogen) atoms. The van der Waals surface area contributed by atoms with Crippen LogP contribution in [0.15, 0.2) is 18.2 Å². The van der Waals surface area contributed by atoms with Gasteiger partial charge in [0.05, 0.1) is 0 Å². The van der Waals surface area contributed by atoms with Crippen LogP contribution in [0, 0.1) is 12.8 Å². The number of aryl methyl sites for hydroxylation is 2. The fourth-order valence-corrected chi connectivity index (χ4v) is 4.36. The van der Waals surface area contributed by atoms with Gasteiger partial charge in [0.15, 0.2) is 0 Å². The Bertz CT molecular complexity index is 640. The molecule has 3 atom stereocenters. The Balaban J connectivity index is 1.96. The van der Waals surface area contributed by atoms with Gasteiger partial charge in [-0.1, -0.05) is 11.6 Å². The topological polar surface area (TPSA) is 19.0 Å². The second-order valence-electron chi connectivity index (χ2n) is 6.57. The molecule has 2 aliphatic rings. The van der Waals surface area contributed by atoms with Gasteiger partial charge in [-0.25, -0.2) is 0 Å². The minimum absolute atomic E-state index is 0.670. The summed E-state index contributed by atoms with van der Waals surface area (Å²) in [5.74, 6) is 1.58. The number of hydrogen-bond acceptors (Lipinski definition) is 1. The van der Waals surface area contributed by atoms with E-state index in [1.165, 1.54) is 41.5 Å². The fraction of sp³-hybridized carbons (Fsp3) is 0.529. The molecule has 1 saturated heterocycles. The first-order valence-corrected chi connectivity index (χ1v) is 7.46. The van der Waals surface area contributed by atoms with E-state index in [1.54, 1.807) is 5.56 Å². The van der Waals surface area contributed by atoms with Gasteiger partial charge >= 0.3 is 0 Å². The minimum atomic E-state index is 0.670. The zero-order valence-electron chi connectivity index (χ0n) is 12.0. The Morgan fingerprint density at radius 2 is 2.16 bits per heavy atom. The van der Waals surface area contributed by atoms with Crippen LogP contribution in [-0.4, -0.2) is 29.5 Å². The Labute approximate surface area is 114 Å². The summed E-state index contributed by atoms with van der Waals surface area (Å²) in [6.07, 6.45) is 2.57. The predicted octanol–water partition coefficient (Wildman–Crippen LogP) is 3.46. The molecule has 1 N–H and O–H groups in total. The number of nitrogens with zero attached hydrogens (tertiary/aromatic N) is 1. The summed E-state index contributed by atoms with van der Waals surface area (Å²) in [4.78, 5) is 6.21. The molecule has 1 unspecified atom stereocenters. The van der Waals surface area contributed by atoms with E-state index in [0.29, 0.717) is 6.04 Å². The lowest BCUT2D eigenvalue weighted by Gasteiger charge is -2.28. The molecular weight excluding hydrogens is 232 g/mol. The quantitative estimate of drug-likeness (QED) is 0.763. The van der Waals surface area contributed by atoms with E-state index in [9.17, 15) is 0 Å². The minimum Gasteiger partial charge on any atom is -0.358 e. The average molecular weight is 254 g/mol. The third-order valence-corrected chi connectivity index (χ3v) is 5.42. The molecule has 0 radical (unpaired) electrons. The molecule has 1 aliphatic heterocycles. The Morgan fingerprint density at radius 3 is 3.00 bits per heavy atom. The number of nitrogens with one attached hydrogen (secondary N) is 1. The van der Waals surface area contributed by atoms with Gasteiger partial charge in [0.2, 0.25) is 0 Å². The van der Waals surface area contributed by atoms with Crippen LogP contribution in [-0.2, 0) is 6.42 Å². The van der Waals surface area contributed by atoms with Gasteiger partial charge in [0.25, 0.3) is 0 Å². The van der Waals surface area contributed by atoms with E-state index in [0.717, 1.165) is 11.8 Å². The maximum absolute atomic E-state index is 3.67. The van der Waals surface area contributed by atoms with Gasteiger partial charge in [0.1, 0.15) is 0 Å². The van der Waals surface area contributed by atoms with E-state index in [-0.39, 0.29) is 0 Å². The van der Waals surface area contributed by atoms with Crippen LogP contribution in [0.25, 0.3) is 10.9 Å². The molecule has 1 aromatic heterocycles. The normalized spacial score (nSPS) is 30.6. The number of hydrogen-bond donors (Lipinski definition) is 1. The molecule has 2 aromatic rings. The van der Waals surface area contributed by atoms with Crippen LogP contribution in [0.2, 0.25) is 0 Å². The Kier molecular flexibility index (Phi) is 2.34. The lowest BCUT2D eigenvalue weighted by molar-refractivity contribution is 0.317. The van der Waals surface area contributed by atoms with Crippen molar-refractivity contribution in [2.24, 2.45) is 5.92 Å². The van der Waals surface area contributed by atoms with Gasteiger partial charge in [-0.15, -0.1) is 0 Å². The van der Waals surface area contributed by atoms with Crippen molar-refractivity contribution in [3.63, 3.8) is 0 Å². The van der Waals surface area contributed by atoms with E-state index < -0.39 is 0 Å². The summed E-state index contributed by atoms with van der Waals surface area (Å²) >= 11 is 0. The Hall–Kier alpha value is -1.28. The maximum Gasteiger partial charge on any atom is 0.0459 e. The highest BCUT2D eigenvalue weighted by Crippen LogP contribution is 2.47. The summed E-state index contributed by atoms with van der Waals surface area (Å²) in [5.41, 5.74) is 5.84. The van der Waals surface area contributed by atoms with Crippen LogP contribution < -0.4 is 0 Å². The van der Waals surface area contributed by atoms with Crippen LogP contribution >= 0.6 is 0 Å². The van der Waals surface area contributed by atoms with E-state index in [2.05, 4.69) is 49.0 Å². The number of benzene rings is 1. The van der Waals surface area contributed by atoms with Crippen molar-refractivity contribution in [2.45, 2.75) is 38.6 Å². The summed E-state index contributed by atoms with van der Waals surface area (Å²) < 4.78 is 0. The van der Waals surface area contributed by atoms with Crippen molar-refractivity contribution >= 4 is 10.9 Å². The predicted molar refractivity (Wildman–Crippen MR) is 79.7 cm³/mol. The van der Waals surface area contributed by atoms with Crippen LogP contribution in [0.5, 0.6) is 0 Å². The molecule has 2 nitrogen and oxygen atoms in total. The molecule has 0 spiro atoms. The first-order chi connectivity index (χ1) is 9.15. The first kappa shape index (κ1) is 11.5. The number of fused-ring (bicyclic) bond motifs is 5. The first-order valence-electron chi connectivity index (χ1n) is 7.46. The molecule has 0 saturated carbocycles. The SMILES string of the molecule is Cc1ccc2[nH]c3c(c2c1)[C@@H]1C(C)N(C)C[C@@H]1CC3. The number of rotatable bonds is 0.